The molecular formula is C26H36N6O5. The van der Waals surface area contributed by atoms with Crippen LogP contribution < -0.4 is 16.0 Å². The van der Waals surface area contributed by atoms with Crippen molar-refractivity contribution in [3.05, 3.63) is 29.3 Å². The predicted octanol–water partition coefficient (Wildman–Crippen LogP) is 0.725. The number of carbonyl (C=O) groups is 4. The van der Waals surface area contributed by atoms with Crippen LogP contribution in [0.15, 0.2) is 18.2 Å². The maximum atomic E-state index is 13.0. The van der Waals surface area contributed by atoms with Crippen molar-refractivity contribution in [1.82, 2.24) is 20.0 Å². The van der Waals surface area contributed by atoms with Gasteiger partial charge in [-0.1, -0.05) is 6.92 Å². The molecule has 3 fully saturated rings. The van der Waals surface area contributed by atoms with Gasteiger partial charge in [-0.2, -0.15) is 0 Å². The number of rotatable bonds is 5. The fraction of sp³-hybridized carbons (Fsp3) is 0.615. The summed E-state index contributed by atoms with van der Waals surface area (Å²) in [6.45, 7) is 8.69. The van der Waals surface area contributed by atoms with E-state index in [4.69, 9.17) is 10.5 Å². The second-order valence-corrected chi connectivity index (χ2v) is 10.9. The standard InChI is InChI=1S/C26H36N6O5/c1-26(6-8-31(9-7-26)25(36)37-17-27)16-29-10-12-30(13-11-29)19-2-3-20-18(14-19)15-32(24(20)35)21-4-5-22(33)28-23(21)34/h2-3,14,21H,4-13,15-17,27H2,1H3,(H,28,33,34). The minimum Gasteiger partial charge on any atom is -0.434 e. The first-order chi connectivity index (χ1) is 17.8. The Morgan fingerprint density at radius 1 is 1.11 bits per heavy atom. The van der Waals surface area contributed by atoms with Crippen molar-refractivity contribution in [2.24, 2.45) is 11.1 Å². The number of hydrogen-bond donors (Lipinski definition) is 2. The van der Waals surface area contributed by atoms with Gasteiger partial charge in [0.15, 0.2) is 0 Å². The minimum absolute atomic E-state index is 0.0878. The number of benzene rings is 1. The second kappa shape index (κ2) is 10.3. The molecule has 0 saturated carbocycles. The van der Waals surface area contributed by atoms with Crippen LogP contribution in [0.25, 0.3) is 0 Å². The lowest BCUT2D eigenvalue weighted by Crippen LogP contribution is -2.52. The normalized spacial score (nSPS) is 24.2. The van der Waals surface area contributed by atoms with Gasteiger partial charge in [-0.3, -0.25) is 30.3 Å². The second-order valence-electron chi connectivity index (χ2n) is 10.9. The Hall–Kier alpha value is -3.18. The first-order valence-electron chi connectivity index (χ1n) is 13.1. The number of fused-ring (bicyclic) bond motifs is 1. The molecule has 1 aromatic rings. The number of piperidine rings is 2. The van der Waals surface area contributed by atoms with E-state index < -0.39 is 6.04 Å². The highest BCUT2D eigenvalue weighted by atomic mass is 16.6. The van der Waals surface area contributed by atoms with E-state index in [1.165, 1.54) is 0 Å². The number of carbonyl (C=O) groups excluding carboxylic acids is 4. The Kier molecular flexibility index (Phi) is 7.09. The zero-order chi connectivity index (χ0) is 26.2. The quantitative estimate of drug-likeness (QED) is 0.436. The summed E-state index contributed by atoms with van der Waals surface area (Å²) < 4.78 is 4.93. The van der Waals surface area contributed by atoms with Gasteiger partial charge in [-0.05, 0) is 48.4 Å². The van der Waals surface area contributed by atoms with Crippen LogP contribution in [-0.2, 0) is 20.9 Å². The van der Waals surface area contributed by atoms with Crippen LogP contribution in [0.1, 0.15) is 48.5 Å². The van der Waals surface area contributed by atoms with Crippen molar-refractivity contribution in [2.45, 2.75) is 45.2 Å². The van der Waals surface area contributed by atoms with Gasteiger partial charge in [-0.15, -0.1) is 0 Å². The summed E-state index contributed by atoms with van der Waals surface area (Å²) >= 11 is 0. The molecule has 4 amide bonds. The molecule has 4 aliphatic heterocycles. The summed E-state index contributed by atoms with van der Waals surface area (Å²) in [6, 6.07) is 5.35. The lowest BCUT2D eigenvalue weighted by Gasteiger charge is -2.44. The Morgan fingerprint density at radius 3 is 2.51 bits per heavy atom. The Morgan fingerprint density at radius 2 is 1.84 bits per heavy atom. The van der Waals surface area contributed by atoms with E-state index in [1.54, 1.807) is 9.80 Å². The molecule has 1 aromatic carbocycles. The minimum atomic E-state index is -0.593. The fourth-order valence-electron chi connectivity index (χ4n) is 6.01. The molecule has 0 aliphatic carbocycles. The van der Waals surface area contributed by atoms with Gasteiger partial charge < -0.3 is 19.4 Å². The van der Waals surface area contributed by atoms with E-state index in [-0.39, 0.29) is 42.4 Å². The molecule has 1 atom stereocenters. The molecule has 4 heterocycles. The van der Waals surface area contributed by atoms with Crippen LogP contribution >= 0.6 is 0 Å². The van der Waals surface area contributed by atoms with E-state index in [1.807, 2.05) is 12.1 Å². The largest absolute Gasteiger partial charge is 0.434 e. The predicted molar refractivity (Wildman–Crippen MR) is 136 cm³/mol. The van der Waals surface area contributed by atoms with Gasteiger partial charge in [0, 0.05) is 70.0 Å². The van der Waals surface area contributed by atoms with Gasteiger partial charge >= 0.3 is 6.09 Å². The molecule has 1 unspecified atom stereocenters. The van der Waals surface area contributed by atoms with Crippen molar-refractivity contribution >= 4 is 29.5 Å². The molecule has 5 rings (SSSR count). The first-order valence-corrected chi connectivity index (χ1v) is 13.1. The topological polar surface area (TPSA) is 129 Å². The van der Waals surface area contributed by atoms with E-state index >= 15 is 0 Å². The summed E-state index contributed by atoms with van der Waals surface area (Å²) in [5.41, 5.74) is 8.15. The van der Waals surface area contributed by atoms with Crippen LogP contribution in [0.3, 0.4) is 0 Å². The molecule has 4 aliphatic rings. The van der Waals surface area contributed by atoms with Gasteiger partial charge in [0.2, 0.25) is 11.8 Å². The van der Waals surface area contributed by atoms with Crippen LogP contribution in [-0.4, -0.2) is 97.1 Å². The van der Waals surface area contributed by atoms with E-state index in [2.05, 4.69) is 28.1 Å². The van der Waals surface area contributed by atoms with E-state index in [0.29, 0.717) is 31.6 Å². The zero-order valence-electron chi connectivity index (χ0n) is 21.4. The highest BCUT2D eigenvalue weighted by Crippen LogP contribution is 2.34. The van der Waals surface area contributed by atoms with Gasteiger partial charge in [0.1, 0.15) is 12.8 Å². The lowest BCUT2D eigenvalue weighted by molar-refractivity contribution is -0.136. The summed E-state index contributed by atoms with van der Waals surface area (Å²) in [5, 5.41) is 2.35. The van der Waals surface area contributed by atoms with Crippen molar-refractivity contribution in [3.8, 4) is 0 Å². The van der Waals surface area contributed by atoms with E-state index in [9.17, 15) is 19.2 Å². The maximum Gasteiger partial charge on any atom is 0.411 e. The third-order valence-corrected chi connectivity index (χ3v) is 8.29. The summed E-state index contributed by atoms with van der Waals surface area (Å²) in [5.74, 6) is -0.807. The van der Waals surface area contributed by atoms with Gasteiger partial charge in [0.25, 0.3) is 5.91 Å². The maximum absolute atomic E-state index is 13.0. The molecule has 11 nitrogen and oxygen atoms in total. The fourth-order valence-corrected chi connectivity index (χ4v) is 6.01. The molecule has 0 radical (unpaired) electrons. The molecular weight excluding hydrogens is 476 g/mol. The zero-order valence-corrected chi connectivity index (χ0v) is 21.4. The molecule has 0 aromatic heterocycles. The summed E-state index contributed by atoms with van der Waals surface area (Å²) in [4.78, 5) is 56.9. The van der Waals surface area contributed by atoms with Crippen LogP contribution in [0.2, 0.25) is 0 Å². The third-order valence-electron chi connectivity index (χ3n) is 8.29. The highest BCUT2D eigenvalue weighted by molar-refractivity contribution is 6.05. The number of nitrogens with zero attached hydrogens (tertiary/aromatic N) is 4. The molecule has 200 valence electrons. The SMILES string of the molecule is CC1(CN2CCN(c3ccc4c(c3)CN(C3CCC(=O)NC3=O)C4=O)CC2)CCN(C(=O)OCN)CC1. The van der Waals surface area contributed by atoms with Crippen molar-refractivity contribution in [3.63, 3.8) is 0 Å². The van der Waals surface area contributed by atoms with Crippen molar-refractivity contribution in [1.29, 1.82) is 0 Å². The number of hydrogen-bond acceptors (Lipinski definition) is 8. The molecule has 37 heavy (non-hydrogen) atoms. The summed E-state index contributed by atoms with van der Waals surface area (Å²) in [7, 11) is 0. The van der Waals surface area contributed by atoms with Crippen LogP contribution in [0.5, 0.6) is 0 Å². The number of nitrogens with two attached hydrogens (primary N) is 1. The number of piperazine rings is 1. The Balaban J connectivity index is 1.14. The average Bonchev–Trinajstić information content (AvgIpc) is 3.20. The van der Waals surface area contributed by atoms with Gasteiger partial charge in [0.05, 0.1) is 0 Å². The number of ether oxygens (including phenoxy) is 1. The molecule has 3 saturated heterocycles. The first kappa shape index (κ1) is 25.5. The average molecular weight is 513 g/mol. The number of anilines is 1. The highest BCUT2D eigenvalue weighted by Gasteiger charge is 2.39. The number of amides is 4. The lowest BCUT2D eigenvalue weighted by atomic mass is 9.80. The third kappa shape index (κ3) is 5.28. The molecule has 11 heteroatoms. The molecule has 0 spiro atoms. The van der Waals surface area contributed by atoms with Crippen molar-refractivity contribution < 1.29 is 23.9 Å². The van der Waals surface area contributed by atoms with Gasteiger partial charge in [-0.25, -0.2) is 4.79 Å². The number of nitrogens with one attached hydrogen (secondary N) is 1. The number of imide groups is 1. The van der Waals surface area contributed by atoms with E-state index in [0.717, 1.165) is 56.8 Å². The Labute approximate surface area is 216 Å². The number of likely N-dealkylation sites (tertiary alicyclic amines) is 1. The Bertz CT molecular complexity index is 1080. The molecule has 0 bridgehead atoms. The monoisotopic (exact) mass is 512 g/mol. The summed E-state index contributed by atoms with van der Waals surface area (Å²) in [6.07, 6.45) is 2.18. The van der Waals surface area contributed by atoms with Crippen LogP contribution in [0, 0.1) is 5.41 Å². The van der Waals surface area contributed by atoms with Crippen molar-refractivity contribution in [2.75, 3.05) is 57.4 Å². The molecule has 3 N–H and O–H groups in total. The smallest absolute Gasteiger partial charge is 0.411 e. The van der Waals surface area contributed by atoms with Crippen LogP contribution in [0.4, 0.5) is 10.5 Å².